The van der Waals surface area contributed by atoms with Crippen molar-refractivity contribution in [1.29, 1.82) is 0 Å². The zero-order chi connectivity index (χ0) is 19.9. The second kappa shape index (κ2) is 9.09. The maximum atomic E-state index is 12.6. The van der Waals surface area contributed by atoms with Crippen LogP contribution in [0.1, 0.15) is 17.4 Å². The predicted molar refractivity (Wildman–Crippen MR) is 111 cm³/mol. The summed E-state index contributed by atoms with van der Waals surface area (Å²) in [6.45, 7) is 2.41. The van der Waals surface area contributed by atoms with Crippen molar-refractivity contribution in [3.8, 4) is 17.2 Å². The molecule has 3 aromatic rings. The van der Waals surface area contributed by atoms with Crippen LogP contribution in [0.4, 0.5) is 16.5 Å². The van der Waals surface area contributed by atoms with Gasteiger partial charge in [0.2, 0.25) is 0 Å². The Bertz CT molecular complexity index is 958. The number of aromatic nitrogens is 1. The molecule has 2 aromatic carbocycles. The SMILES string of the molecule is CCOc1ccccc1NC(=O)c1csc(Nc2ccc(OC)cc2OC)n1. The Labute approximate surface area is 167 Å². The van der Waals surface area contributed by atoms with Crippen molar-refractivity contribution in [3.63, 3.8) is 0 Å². The van der Waals surface area contributed by atoms with Crippen molar-refractivity contribution in [2.24, 2.45) is 0 Å². The van der Waals surface area contributed by atoms with Gasteiger partial charge in [0.25, 0.3) is 5.91 Å². The maximum Gasteiger partial charge on any atom is 0.275 e. The van der Waals surface area contributed by atoms with E-state index in [9.17, 15) is 4.79 Å². The van der Waals surface area contributed by atoms with Crippen molar-refractivity contribution < 1.29 is 19.0 Å². The first-order valence-electron chi connectivity index (χ1n) is 8.62. The van der Waals surface area contributed by atoms with Crippen LogP contribution in [-0.2, 0) is 0 Å². The Morgan fingerprint density at radius 1 is 1.07 bits per heavy atom. The van der Waals surface area contributed by atoms with E-state index >= 15 is 0 Å². The number of nitrogens with one attached hydrogen (secondary N) is 2. The molecule has 0 radical (unpaired) electrons. The van der Waals surface area contributed by atoms with E-state index in [0.717, 1.165) is 5.69 Å². The van der Waals surface area contributed by atoms with E-state index in [1.165, 1.54) is 11.3 Å². The number of nitrogens with zero attached hydrogens (tertiary/aromatic N) is 1. The van der Waals surface area contributed by atoms with Crippen LogP contribution in [0.15, 0.2) is 47.8 Å². The Kier molecular flexibility index (Phi) is 6.33. The minimum atomic E-state index is -0.307. The standard InChI is InChI=1S/C20H21N3O4S/c1-4-27-17-8-6-5-7-14(17)21-19(24)16-12-28-20(23-16)22-15-10-9-13(25-2)11-18(15)26-3/h5-12H,4H2,1-3H3,(H,21,24)(H,22,23). The van der Waals surface area contributed by atoms with Crippen LogP contribution in [0.5, 0.6) is 17.2 Å². The highest BCUT2D eigenvalue weighted by Crippen LogP contribution is 2.32. The molecule has 0 aliphatic heterocycles. The third-order valence-electron chi connectivity index (χ3n) is 3.82. The molecule has 2 N–H and O–H groups in total. The van der Waals surface area contributed by atoms with Gasteiger partial charge in [-0.15, -0.1) is 11.3 Å². The highest BCUT2D eigenvalue weighted by Gasteiger charge is 2.14. The van der Waals surface area contributed by atoms with Crippen LogP contribution >= 0.6 is 11.3 Å². The topological polar surface area (TPSA) is 81.7 Å². The van der Waals surface area contributed by atoms with Gasteiger partial charge in [-0.2, -0.15) is 0 Å². The summed E-state index contributed by atoms with van der Waals surface area (Å²) in [6, 6.07) is 12.7. The van der Waals surface area contributed by atoms with Crippen molar-refractivity contribution in [2.75, 3.05) is 31.5 Å². The molecule has 0 bridgehead atoms. The first-order valence-corrected chi connectivity index (χ1v) is 9.50. The molecule has 0 fully saturated rings. The van der Waals surface area contributed by atoms with Gasteiger partial charge in [-0.1, -0.05) is 12.1 Å². The summed E-state index contributed by atoms with van der Waals surface area (Å²) in [6.07, 6.45) is 0. The first kappa shape index (κ1) is 19.5. The summed E-state index contributed by atoms with van der Waals surface area (Å²) in [4.78, 5) is 16.9. The number of benzene rings is 2. The largest absolute Gasteiger partial charge is 0.497 e. The van der Waals surface area contributed by atoms with Gasteiger partial charge < -0.3 is 24.8 Å². The van der Waals surface area contributed by atoms with E-state index in [4.69, 9.17) is 14.2 Å². The fourth-order valence-electron chi connectivity index (χ4n) is 2.49. The number of carbonyl (C=O) groups excluding carboxylic acids is 1. The lowest BCUT2D eigenvalue weighted by Gasteiger charge is -2.11. The lowest BCUT2D eigenvalue weighted by Crippen LogP contribution is -2.13. The molecule has 7 nitrogen and oxygen atoms in total. The number of carbonyl (C=O) groups is 1. The molecule has 0 atom stereocenters. The number of methoxy groups -OCH3 is 2. The molecular weight excluding hydrogens is 378 g/mol. The molecule has 146 valence electrons. The molecule has 1 amide bonds. The second-order valence-corrected chi connectivity index (χ2v) is 6.47. The third-order valence-corrected chi connectivity index (χ3v) is 4.58. The van der Waals surface area contributed by atoms with Crippen LogP contribution < -0.4 is 24.8 Å². The van der Waals surface area contributed by atoms with Crippen molar-refractivity contribution in [1.82, 2.24) is 4.98 Å². The summed E-state index contributed by atoms with van der Waals surface area (Å²) in [5, 5.41) is 8.27. The zero-order valence-electron chi connectivity index (χ0n) is 15.8. The van der Waals surface area contributed by atoms with Crippen LogP contribution in [0.3, 0.4) is 0 Å². The molecule has 0 spiro atoms. The predicted octanol–water partition coefficient (Wildman–Crippen LogP) is 4.55. The number of hydrogen-bond acceptors (Lipinski definition) is 7. The number of hydrogen-bond donors (Lipinski definition) is 2. The van der Waals surface area contributed by atoms with Gasteiger partial charge in [0, 0.05) is 11.4 Å². The molecule has 8 heteroatoms. The van der Waals surface area contributed by atoms with Gasteiger partial charge in [-0.05, 0) is 31.2 Å². The molecule has 3 rings (SSSR count). The van der Waals surface area contributed by atoms with E-state index in [1.54, 1.807) is 31.7 Å². The fourth-order valence-corrected chi connectivity index (χ4v) is 3.19. The average molecular weight is 399 g/mol. The van der Waals surface area contributed by atoms with E-state index < -0.39 is 0 Å². The highest BCUT2D eigenvalue weighted by atomic mass is 32.1. The molecule has 0 unspecified atom stereocenters. The van der Waals surface area contributed by atoms with Gasteiger partial charge in [0.15, 0.2) is 5.13 Å². The number of anilines is 3. The Morgan fingerprint density at radius 3 is 2.64 bits per heavy atom. The molecule has 0 aliphatic rings. The third kappa shape index (κ3) is 4.52. The summed E-state index contributed by atoms with van der Waals surface area (Å²) >= 11 is 1.33. The highest BCUT2D eigenvalue weighted by molar-refractivity contribution is 7.14. The Balaban J connectivity index is 1.73. The van der Waals surface area contributed by atoms with Crippen molar-refractivity contribution >= 4 is 33.8 Å². The number of thiazole rings is 1. The molecule has 0 saturated heterocycles. The van der Waals surface area contributed by atoms with Crippen molar-refractivity contribution in [2.45, 2.75) is 6.92 Å². The zero-order valence-corrected chi connectivity index (χ0v) is 16.6. The lowest BCUT2D eigenvalue weighted by atomic mass is 10.2. The minimum Gasteiger partial charge on any atom is -0.497 e. The summed E-state index contributed by atoms with van der Waals surface area (Å²) in [5.74, 6) is 1.62. The molecule has 1 heterocycles. The molecule has 1 aromatic heterocycles. The van der Waals surface area contributed by atoms with Gasteiger partial charge in [0.05, 0.1) is 32.2 Å². The number of rotatable bonds is 8. The Hall–Kier alpha value is -3.26. The maximum absolute atomic E-state index is 12.6. The Morgan fingerprint density at radius 2 is 1.89 bits per heavy atom. The quantitative estimate of drug-likeness (QED) is 0.578. The summed E-state index contributed by atoms with van der Waals surface area (Å²) in [5.41, 5.74) is 1.64. The average Bonchev–Trinajstić information content (AvgIpc) is 3.18. The first-order chi connectivity index (χ1) is 13.6. The second-order valence-electron chi connectivity index (χ2n) is 5.61. The fraction of sp³-hybridized carbons (Fsp3) is 0.200. The van der Waals surface area contributed by atoms with Gasteiger partial charge in [0.1, 0.15) is 22.9 Å². The van der Waals surface area contributed by atoms with E-state index in [2.05, 4.69) is 15.6 Å². The van der Waals surface area contributed by atoms with Gasteiger partial charge >= 0.3 is 0 Å². The minimum absolute atomic E-state index is 0.307. The lowest BCUT2D eigenvalue weighted by molar-refractivity contribution is 0.102. The van der Waals surface area contributed by atoms with Crippen molar-refractivity contribution in [3.05, 3.63) is 53.5 Å². The van der Waals surface area contributed by atoms with Gasteiger partial charge in [-0.25, -0.2) is 4.98 Å². The number of amides is 1. The molecule has 28 heavy (non-hydrogen) atoms. The molecule has 0 saturated carbocycles. The number of ether oxygens (including phenoxy) is 3. The smallest absolute Gasteiger partial charge is 0.275 e. The van der Waals surface area contributed by atoms with E-state index in [-0.39, 0.29) is 5.91 Å². The molecular formula is C20H21N3O4S. The van der Waals surface area contributed by atoms with Crippen LogP contribution in [0, 0.1) is 0 Å². The summed E-state index contributed by atoms with van der Waals surface area (Å²) in [7, 11) is 3.17. The van der Waals surface area contributed by atoms with Crippen LogP contribution in [0.2, 0.25) is 0 Å². The number of para-hydroxylation sites is 2. The van der Waals surface area contributed by atoms with Crippen LogP contribution in [0.25, 0.3) is 0 Å². The normalized spacial score (nSPS) is 10.2. The van der Waals surface area contributed by atoms with Crippen LogP contribution in [-0.4, -0.2) is 31.7 Å². The van der Waals surface area contributed by atoms with E-state index in [1.807, 2.05) is 37.3 Å². The van der Waals surface area contributed by atoms with Gasteiger partial charge in [-0.3, -0.25) is 4.79 Å². The van der Waals surface area contributed by atoms with E-state index in [0.29, 0.717) is 40.4 Å². The monoisotopic (exact) mass is 399 g/mol. The summed E-state index contributed by atoms with van der Waals surface area (Å²) < 4.78 is 16.1. The molecule has 0 aliphatic carbocycles.